The van der Waals surface area contributed by atoms with Gasteiger partial charge in [0, 0.05) is 30.1 Å². The van der Waals surface area contributed by atoms with Gasteiger partial charge in [0.2, 0.25) is 0 Å². The zero-order chi connectivity index (χ0) is 18.4. The summed E-state index contributed by atoms with van der Waals surface area (Å²) in [6, 6.07) is 5.75. The van der Waals surface area contributed by atoms with Crippen LogP contribution in [-0.2, 0) is 4.74 Å². The quantitative estimate of drug-likeness (QED) is 0.673. The molecule has 1 aromatic carbocycles. The highest BCUT2D eigenvalue weighted by molar-refractivity contribution is 9.10. The highest BCUT2D eigenvalue weighted by Gasteiger charge is 2.25. The minimum absolute atomic E-state index is 0.150. The average Bonchev–Trinajstić information content (AvgIpc) is 2.90. The lowest BCUT2D eigenvalue weighted by Crippen LogP contribution is -2.40. The van der Waals surface area contributed by atoms with E-state index in [-0.39, 0.29) is 12.1 Å². The van der Waals surface area contributed by atoms with E-state index in [1.54, 1.807) is 0 Å². The maximum Gasteiger partial charge on any atom is 0.407 e. The van der Waals surface area contributed by atoms with Crippen LogP contribution >= 0.6 is 27.5 Å². The van der Waals surface area contributed by atoms with Crippen LogP contribution in [0.4, 0.5) is 4.79 Å². The van der Waals surface area contributed by atoms with Gasteiger partial charge in [0.1, 0.15) is 11.4 Å². The van der Waals surface area contributed by atoms with Crippen molar-refractivity contribution in [1.29, 1.82) is 0 Å². The Bertz CT molecular complexity index is 592. The molecule has 0 aromatic heterocycles. The van der Waals surface area contributed by atoms with Crippen molar-refractivity contribution in [3.63, 3.8) is 0 Å². The van der Waals surface area contributed by atoms with Crippen LogP contribution in [0.25, 0.3) is 0 Å². The predicted octanol–water partition coefficient (Wildman–Crippen LogP) is 4.47. The number of carbonyl (C=O) groups is 1. The highest BCUT2D eigenvalue weighted by atomic mass is 79.9. The number of hydrogen-bond acceptors (Lipinski definition) is 4. The van der Waals surface area contributed by atoms with Gasteiger partial charge in [0.15, 0.2) is 0 Å². The van der Waals surface area contributed by atoms with Crippen LogP contribution in [0.1, 0.15) is 33.6 Å². The molecule has 1 aliphatic rings. The van der Waals surface area contributed by atoms with Crippen molar-refractivity contribution in [2.75, 3.05) is 26.2 Å². The molecule has 5 nitrogen and oxygen atoms in total. The third kappa shape index (κ3) is 7.42. The van der Waals surface area contributed by atoms with E-state index in [1.807, 2.05) is 39.0 Å². The van der Waals surface area contributed by atoms with Gasteiger partial charge in [-0.25, -0.2) is 4.79 Å². The molecule has 1 aromatic rings. The van der Waals surface area contributed by atoms with Crippen molar-refractivity contribution in [2.45, 2.75) is 45.3 Å². The minimum atomic E-state index is -0.464. The second-order valence-electron chi connectivity index (χ2n) is 7.21. The number of nitrogens with one attached hydrogen (secondary N) is 1. The molecular formula is C18H26BrClN2O3. The number of ether oxygens (including phenoxy) is 2. The predicted molar refractivity (Wildman–Crippen MR) is 103 cm³/mol. The number of likely N-dealkylation sites (tertiary alicyclic amines) is 1. The smallest absolute Gasteiger partial charge is 0.407 e. The lowest BCUT2D eigenvalue weighted by molar-refractivity contribution is 0.0505. The second-order valence-corrected chi connectivity index (χ2v) is 8.53. The molecule has 2 rings (SSSR count). The molecule has 7 heteroatoms. The Morgan fingerprint density at radius 3 is 2.88 bits per heavy atom. The molecule has 0 bridgehead atoms. The van der Waals surface area contributed by atoms with Crippen LogP contribution in [0.2, 0.25) is 5.02 Å². The molecule has 1 atom stereocenters. The largest absolute Gasteiger partial charge is 0.492 e. The Balaban J connectivity index is 1.64. The summed E-state index contributed by atoms with van der Waals surface area (Å²) < 4.78 is 12.0. The van der Waals surface area contributed by atoms with Crippen molar-refractivity contribution in [3.05, 3.63) is 27.7 Å². The number of nitrogens with zero attached hydrogens (tertiary/aromatic N) is 1. The summed E-state index contributed by atoms with van der Waals surface area (Å²) in [5.74, 6) is 0.704. The average molecular weight is 434 g/mol. The van der Waals surface area contributed by atoms with Crippen molar-refractivity contribution in [3.8, 4) is 5.75 Å². The molecule has 1 unspecified atom stereocenters. The molecule has 25 heavy (non-hydrogen) atoms. The van der Waals surface area contributed by atoms with Gasteiger partial charge >= 0.3 is 6.09 Å². The van der Waals surface area contributed by atoms with Crippen LogP contribution in [0, 0.1) is 0 Å². The maximum atomic E-state index is 11.8. The van der Waals surface area contributed by atoms with Crippen molar-refractivity contribution >= 4 is 33.6 Å². The minimum Gasteiger partial charge on any atom is -0.492 e. The molecular weight excluding hydrogens is 408 g/mol. The third-order valence-corrected chi connectivity index (χ3v) is 4.55. The monoisotopic (exact) mass is 432 g/mol. The van der Waals surface area contributed by atoms with Gasteiger partial charge in [-0.1, -0.05) is 27.5 Å². The van der Waals surface area contributed by atoms with Gasteiger partial charge in [-0.15, -0.1) is 0 Å². The first-order chi connectivity index (χ1) is 11.7. The summed E-state index contributed by atoms with van der Waals surface area (Å²) in [5.41, 5.74) is -0.464. The van der Waals surface area contributed by atoms with Crippen molar-refractivity contribution < 1.29 is 14.3 Å². The van der Waals surface area contributed by atoms with E-state index in [4.69, 9.17) is 21.1 Å². The standard InChI is InChI=1S/C18H26BrClN2O3/c1-18(2,3)25-17(23)21-14-7-9-22(12-14)8-4-10-24-16-6-5-13(19)11-15(16)20/h5-6,11,14H,4,7-10,12H2,1-3H3,(H,21,23). The number of rotatable bonds is 6. The number of carbonyl (C=O) groups excluding carboxylic acids is 1. The van der Waals surface area contributed by atoms with Gasteiger partial charge in [0.25, 0.3) is 0 Å². The molecule has 1 heterocycles. The molecule has 1 amide bonds. The summed E-state index contributed by atoms with van der Waals surface area (Å²) >= 11 is 9.51. The fraction of sp³-hybridized carbons (Fsp3) is 0.611. The SMILES string of the molecule is CC(C)(C)OC(=O)NC1CCN(CCCOc2ccc(Br)cc2Cl)C1. The van der Waals surface area contributed by atoms with E-state index in [0.29, 0.717) is 17.4 Å². The molecule has 0 radical (unpaired) electrons. The molecule has 1 fully saturated rings. The Morgan fingerprint density at radius 2 is 2.20 bits per heavy atom. The zero-order valence-electron chi connectivity index (χ0n) is 15.0. The molecule has 1 N–H and O–H groups in total. The Labute approximate surface area is 163 Å². The van der Waals surface area contributed by atoms with Crippen LogP contribution in [0.5, 0.6) is 5.75 Å². The van der Waals surface area contributed by atoms with E-state index in [1.165, 1.54) is 0 Å². The summed E-state index contributed by atoms with van der Waals surface area (Å²) in [4.78, 5) is 14.1. The fourth-order valence-corrected chi connectivity index (χ4v) is 3.42. The Kier molecular flexibility index (Phi) is 7.40. The number of benzene rings is 1. The van der Waals surface area contributed by atoms with E-state index < -0.39 is 5.60 Å². The summed E-state index contributed by atoms with van der Waals surface area (Å²) in [5, 5.41) is 3.55. The van der Waals surface area contributed by atoms with Crippen LogP contribution in [0.15, 0.2) is 22.7 Å². The Hall–Kier alpha value is -0.980. The van der Waals surface area contributed by atoms with E-state index in [0.717, 1.165) is 36.9 Å². The first-order valence-electron chi connectivity index (χ1n) is 8.53. The molecule has 140 valence electrons. The molecule has 1 aliphatic heterocycles. The van der Waals surface area contributed by atoms with Crippen LogP contribution in [0.3, 0.4) is 0 Å². The number of hydrogen-bond donors (Lipinski definition) is 1. The molecule has 0 saturated carbocycles. The second kappa shape index (κ2) is 9.10. The van der Waals surface area contributed by atoms with E-state index in [9.17, 15) is 4.79 Å². The van der Waals surface area contributed by atoms with Gasteiger partial charge < -0.3 is 19.7 Å². The van der Waals surface area contributed by atoms with E-state index >= 15 is 0 Å². The van der Waals surface area contributed by atoms with Gasteiger partial charge in [-0.05, 0) is 51.8 Å². The van der Waals surface area contributed by atoms with Gasteiger partial charge in [-0.3, -0.25) is 0 Å². The van der Waals surface area contributed by atoms with Crippen LogP contribution in [-0.4, -0.2) is 48.9 Å². The summed E-state index contributed by atoms with van der Waals surface area (Å²) in [6.45, 7) is 8.96. The first kappa shape index (κ1) is 20.3. The highest BCUT2D eigenvalue weighted by Crippen LogP contribution is 2.27. The maximum absolute atomic E-state index is 11.8. The molecule has 1 saturated heterocycles. The number of halogens is 2. The van der Waals surface area contributed by atoms with Crippen molar-refractivity contribution in [2.24, 2.45) is 0 Å². The number of amides is 1. The van der Waals surface area contributed by atoms with Gasteiger partial charge in [-0.2, -0.15) is 0 Å². The Morgan fingerprint density at radius 1 is 1.44 bits per heavy atom. The summed E-state index contributed by atoms with van der Waals surface area (Å²) in [6.07, 6.45) is 1.51. The normalized spacial score (nSPS) is 18.2. The fourth-order valence-electron chi connectivity index (χ4n) is 2.69. The van der Waals surface area contributed by atoms with Gasteiger partial charge in [0.05, 0.1) is 11.6 Å². The topological polar surface area (TPSA) is 50.8 Å². The molecule has 0 aliphatic carbocycles. The lowest BCUT2D eigenvalue weighted by Gasteiger charge is -2.22. The summed E-state index contributed by atoms with van der Waals surface area (Å²) in [7, 11) is 0. The van der Waals surface area contributed by atoms with Crippen molar-refractivity contribution in [1.82, 2.24) is 10.2 Å². The first-order valence-corrected chi connectivity index (χ1v) is 9.70. The van der Waals surface area contributed by atoms with E-state index in [2.05, 4.69) is 26.1 Å². The lowest BCUT2D eigenvalue weighted by atomic mass is 10.2. The molecule has 0 spiro atoms. The third-order valence-electron chi connectivity index (χ3n) is 3.76. The van der Waals surface area contributed by atoms with Crippen LogP contribution < -0.4 is 10.1 Å². The zero-order valence-corrected chi connectivity index (χ0v) is 17.3. The number of alkyl carbamates (subject to hydrolysis) is 1.